The zero-order valence-corrected chi connectivity index (χ0v) is 23.6. The summed E-state index contributed by atoms with van der Waals surface area (Å²) >= 11 is 1.71. The molecule has 3 nitrogen and oxygen atoms in total. The monoisotopic (exact) mass is 508 g/mol. The number of hydrogen-bond acceptors (Lipinski definition) is 4. The summed E-state index contributed by atoms with van der Waals surface area (Å²) in [5.74, 6) is 2.58. The van der Waals surface area contributed by atoms with Crippen molar-refractivity contribution in [1.29, 1.82) is 0 Å². The lowest BCUT2D eigenvalue weighted by Gasteiger charge is -2.26. The predicted molar refractivity (Wildman–Crippen MR) is 148 cm³/mol. The molecule has 0 fully saturated rings. The van der Waals surface area contributed by atoms with Crippen molar-refractivity contribution in [1.82, 2.24) is 0 Å². The van der Waals surface area contributed by atoms with E-state index in [1.165, 1.54) is 35.1 Å². The minimum absolute atomic E-state index is 0.853. The molecule has 0 saturated carbocycles. The molecular formula is C30H37O3PS. The van der Waals surface area contributed by atoms with Crippen LogP contribution in [-0.2, 0) is 12.8 Å². The summed E-state index contributed by atoms with van der Waals surface area (Å²) in [6, 6.07) is 15.3. The highest BCUT2D eigenvalue weighted by Gasteiger charge is 2.29. The fourth-order valence-electron chi connectivity index (χ4n) is 4.44. The van der Waals surface area contributed by atoms with Gasteiger partial charge in [0.2, 0.25) is 0 Å². The molecular weight excluding hydrogens is 471 g/mol. The maximum absolute atomic E-state index is 6.57. The number of benzene rings is 3. The van der Waals surface area contributed by atoms with Crippen molar-refractivity contribution in [3.8, 4) is 17.2 Å². The summed E-state index contributed by atoms with van der Waals surface area (Å²) in [7, 11) is -1.68. The summed E-state index contributed by atoms with van der Waals surface area (Å²) in [4.78, 5) is 2.21. The third kappa shape index (κ3) is 6.35. The number of unbranched alkanes of at least 4 members (excludes halogenated alkanes) is 2. The van der Waals surface area contributed by atoms with Gasteiger partial charge in [-0.3, -0.25) is 0 Å². The first kappa shape index (κ1) is 25.9. The van der Waals surface area contributed by atoms with E-state index in [4.69, 9.17) is 13.6 Å². The summed E-state index contributed by atoms with van der Waals surface area (Å²) in [5.41, 5.74) is 7.26. The summed E-state index contributed by atoms with van der Waals surface area (Å²) in [6.07, 6.45) is 6.78. The molecule has 5 heteroatoms. The lowest BCUT2D eigenvalue weighted by Crippen LogP contribution is -2.08. The highest BCUT2D eigenvalue weighted by molar-refractivity contribution is 7.99. The van der Waals surface area contributed by atoms with Gasteiger partial charge in [-0.2, -0.15) is 0 Å². The molecule has 0 spiro atoms. The van der Waals surface area contributed by atoms with Crippen molar-refractivity contribution in [3.05, 3.63) is 75.8 Å². The first-order chi connectivity index (χ1) is 16.9. The average Bonchev–Trinajstić information content (AvgIpc) is 2.80. The lowest BCUT2D eigenvalue weighted by atomic mass is 10.0. The Bertz CT molecular complexity index is 1130. The molecule has 0 radical (unpaired) electrons. The number of aryl methyl sites for hydroxylation is 6. The smallest absolute Gasteiger partial charge is 0.408 e. The number of hydrogen-bond donors (Lipinski definition) is 0. The van der Waals surface area contributed by atoms with Gasteiger partial charge in [0.1, 0.15) is 17.2 Å². The molecule has 35 heavy (non-hydrogen) atoms. The van der Waals surface area contributed by atoms with Gasteiger partial charge in [-0.1, -0.05) is 62.7 Å². The third-order valence-corrected chi connectivity index (χ3v) is 8.29. The van der Waals surface area contributed by atoms with Gasteiger partial charge in [0.25, 0.3) is 0 Å². The molecule has 1 heterocycles. The zero-order valence-electron chi connectivity index (χ0n) is 21.9. The molecule has 1 aliphatic heterocycles. The summed E-state index contributed by atoms with van der Waals surface area (Å²) in [5, 5.41) is 0. The maximum Gasteiger partial charge on any atom is 0.530 e. The molecule has 0 aliphatic carbocycles. The molecule has 0 saturated heterocycles. The molecule has 0 amide bonds. The standard InChI is InChI=1S/C30H37O3PS/c1-7-9-11-24-13-14-26(25(19-24)12-10-8-2)31-34-32-29-22(5)15-20(3)17-27(29)35-28-18-21(4)16-23(6)30(28)33-34/h13-19H,7-12H2,1-6H3. The zero-order chi connectivity index (χ0) is 24.9. The van der Waals surface area contributed by atoms with Crippen LogP contribution in [0.25, 0.3) is 0 Å². The van der Waals surface area contributed by atoms with Crippen LogP contribution in [-0.4, -0.2) is 0 Å². The predicted octanol–water partition coefficient (Wildman–Crippen LogP) is 9.83. The van der Waals surface area contributed by atoms with Crippen LogP contribution in [0.2, 0.25) is 0 Å². The van der Waals surface area contributed by atoms with Gasteiger partial charge < -0.3 is 13.6 Å². The lowest BCUT2D eigenvalue weighted by molar-refractivity contribution is 0.375. The first-order valence-electron chi connectivity index (χ1n) is 12.7. The first-order valence-corrected chi connectivity index (χ1v) is 14.6. The Labute approximate surface area is 216 Å². The third-order valence-electron chi connectivity index (χ3n) is 6.24. The van der Waals surface area contributed by atoms with E-state index in [0.29, 0.717) is 0 Å². The van der Waals surface area contributed by atoms with Crippen LogP contribution in [0.1, 0.15) is 72.9 Å². The van der Waals surface area contributed by atoms with Crippen molar-refractivity contribution in [2.45, 2.75) is 89.9 Å². The van der Waals surface area contributed by atoms with E-state index in [-0.39, 0.29) is 0 Å². The molecule has 0 aromatic heterocycles. The van der Waals surface area contributed by atoms with Gasteiger partial charge in [0.15, 0.2) is 0 Å². The van der Waals surface area contributed by atoms with E-state index in [1.54, 1.807) is 11.8 Å². The van der Waals surface area contributed by atoms with Crippen LogP contribution in [0, 0.1) is 27.7 Å². The van der Waals surface area contributed by atoms with Crippen molar-refractivity contribution < 1.29 is 13.6 Å². The van der Waals surface area contributed by atoms with Crippen molar-refractivity contribution in [2.75, 3.05) is 0 Å². The Morgan fingerprint density at radius 3 is 1.89 bits per heavy atom. The average molecular weight is 509 g/mol. The second-order valence-corrected chi connectivity index (χ2v) is 11.6. The van der Waals surface area contributed by atoms with Gasteiger partial charge in [0.05, 0.1) is 9.79 Å². The topological polar surface area (TPSA) is 27.7 Å². The van der Waals surface area contributed by atoms with Crippen molar-refractivity contribution in [2.24, 2.45) is 0 Å². The van der Waals surface area contributed by atoms with Gasteiger partial charge >= 0.3 is 8.60 Å². The molecule has 0 unspecified atom stereocenters. The number of rotatable bonds is 8. The van der Waals surface area contributed by atoms with Crippen molar-refractivity contribution in [3.63, 3.8) is 0 Å². The van der Waals surface area contributed by atoms with Crippen molar-refractivity contribution >= 4 is 20.4 Å². The van der Waals surface area contributed by atoms with E-state index in [1.807, 2.05) is 0 Å². The van der Waals surface area contributed by atoms with Crippen LogP contribution >= 0.6 is 20.4 Å². The molecule has 1 aliphatic rings. The van der Waals surface area contributed by atoms with Gasteiger partial charge in [-0.15, -0.1) is 0 Å². The number of fused-ring (bicyclic) bond motifs is 2. The Morgan fingerprint density at radius 2 is 1.31 bits per heavy atom. The molecule has 186 valence electrons. The fourth-order valence-corrected chi connectivity index (χ4v) is 7.12. The van der Waals surface area contributed by atoms with Crippen LogP contribution in [0.4, 0.5) is 0 Å². The van der Waals surface area contributed by atoms with Gasteiger partial charge in [-0.25, -0.2) is 0 Å². The Kier molecular flexibility index (Phi) is 8.68. The Hall–Kier alpha value is -2.16. The van der Waals surface area contributed by atoms with E-state index in [0.717, 1.165) is 63.8 Å². The quantitative estimate of drug-likeness (QED) is 0.283. The summed E-state index contributed by atoms with van der Waals surface area (Å²) < 4.78 is 19.6. The molecule has 0 atom stereocenters. The van der Waals surface area contributed by atoms with Crippen LogP contribution in [0.3, 0.4) is 0 Å². The second kappa shape index (κ2) is 11.7. The molecule has 4 rings (SSSR count). The fraction of sp³-hybridized carbons (Fsp3) is 0.400. The second-order valence-electron chi connectivity index (χ2n) is 9.57. The van der Waals surface area contributed by atoms with E-state index in [2.05, 4.69) is 84.0 Å². The molecule has 0 bridgehead atoms. The minimum atomic E-state index is -1.68. The molecule has 0 N–H and O–H groups in total. The van der Waals surface area contributed by atoms with E-state index in [9.17, 15) is 0 Å². The van der Waals surface area contributed by atoms with E-state index >= 15 is 0 Å². The highest BCUT2D eigenvalue weighted by Crippen LogP contribution is 2.54. The molecule has 3 aromatic rings. The van der Waals surface area contributed by atoms with Crippen LogP contribution in [0.15, 0.2) is 52.3 Å². The van der Waals surface area contributed by atoms with E-state index < -0.39 is 8.60 Å². The van der Waals surface area contributed by atoms with Gasteiger partial charge in [0, 0.05) is 0 Å². The Balaban J connectivity index is 1.73. The maximum atomic E-state index is 6.57. The largest absolute Gasteiger partial charge is 0.530 e. The van der Waals surface area contributed by atoms with Crippen LogP contribution < -0.4 is 13.6 Å². The van der Waals surface area contributed by atoms with Gasteiger partial charge in [-0.05, 0) is 105 Å². The normalized spacial score (nSPS) is 13.2. The van der Waals surface area contributed by atoms with Crippen LogP contribution in [0.5, 0.6) is 17.2 Å². The highest BCUT2D eigenvalue weighted by atomic mass is 32.2. The SMILES string of the molecule is CCCCc1ccc(OP2Oc3c(C)cc(C)cc3Sc3cc(C)cc(C)c3O2)c(CCCC)c1. The molecule has 3 aromatic carbocycles. The minimum Gasteiger partial charge on any atom is -0.408 e. The summed E-state index contributed by atoms with van der Waals surface area (Å²) in [6.45, 7) is 12.9. The Morgan fingerprint density at radius 1 is 0.743 bits per heavy atom.